The first-order valence-corrected chi connectivity index (χ1v) is 6.39. The van der Waals surface area contributed by atoms with E-state index in [1.807, 2.05) is 6.20 Å². The largest absolute Gasteiger partial charge is 0.361 e. The number of piperidine rings is 1. The van der Waals surface area contributed by atoms with E-state index in [1.165, 1.54) is 29.3 Å². The summed E-state index contributed by atoms with van der Waals surface area (Å²) in [6.45, 7) is 1.85. The van der Waals surface area contributed by atoms with Gasteiger partial charge in [-0.1, -0.05) is 18.2 Å². The zero-order valence-electron chi connectivity index (χ0n) is 9.95. The van der Waals surface area contributed by atoms with Crippen LogP contribution >= 0.6 is 0 Å². The monoisotopic (exact) mass is 229 g/mol. The van der Waals surface area contributed by atoms with Gasteiger partial charge in [0.25, 0.3) is 0 Å². The molecule has 1 aliphatic heterocycles. The van der Waals surface area contributed by atoms with Gasteiger partial charge in [0.1, 0.15) is 0 Å². The van der Waals surface area contributed by atoms with E-state index in [-0.39, 0.29) is 0 Å². The minimum absolute atomic E-state index is 0.399. The minimum Gasteiger partial charge on any atom is -0.361 e. The molecular weight excluding hydrogens is 210 g/mol. The van der Waals surface area contributed by atoms with Gasteiger partial charge in [-0.15, -0.1) is 0 Å². The fourth-order valence-electron chi connectivity index (χ4n) is 2.94. The molecule has 0 saturated carbocycles. The van der Waals surface area contributed by atoms with E-state index in [0.29, 0.717) is 12.0 Å². The summed E-state index contributed by atoms with van der Waals surface area (Å²) in [5.41, 5.74) is 8.52. The normalized spacial score (nSPS) is 25.2. The summed E-state index contributed by atoms with van der Waals surface area (Å²) in [6, 6.07) is 9.02. The molecule has 2 atom stereocenters. The van der Waals surface area contributed by atoms with E-state index in [1.54, 1.807) is 0 Å². The quantitative estimate of drug-likeness (QED) is 0.739. The van der Waals surface area contributed by atoms with E-state index < -0.39 is 0 Å². The molecule has 1 aromatic carbocycles. The number of hydrogen-bond acceptors (Lipinski definition) is 2. The van der Waals surface area contributed by atoms with Crippen LogP contribution in [0.2, 0.25) is 0 Å². The topological polar surface area (TPSA) is 53.8 Å². The molecule has 3 rings (SSSR count). The highest BCUT2D eigenvalue weighted by Crippen LogP contribution is 2.32. The molecule has 17 heavy (non-hydrogen) atoms. The Morgan fingerprint density at radius 3 is 3.12 bits per heavy atom. The second kappa shape index (κ2) is 4.51. The molecule has 2 heterocycles. The van der Waals surface area contributed by atoms with Crippen LogP contribution in [0, 0.1) is 5.92 Å². The predicted octanol–water partition coefficient (Wildman–Crippen LogP) is 2.17. The van der Waals surface area contributed by atoms with Gasteiger partial charge in [-0.05, 0) is 48.9 Å². The number of para-hydroxylation sites is 1. The van der Waals surface area contributed by atoms with Gasteiger partial charge in [-0.3, -0.25) is 0 Å². The summed E-state index contributed by atoms with van der Waals surface area (Å²) >= 11 is 0. The van der Waals surface area contributed by atoms with Crippen molar-refractivity contribution in [3.63, 3.8) is 0 Å². The highest BCUT2D eigenvalue weighted by atomic mass is 14.9. The summed E-state index contributed by atoms with van der Waals surface area (Å²) in [4.78, 5) is 3.35. The van der Waals surface area contributed by atoms with Gasteiger partial charge < -0.3 is 16.0 Å². The Labute approximate surface area is 101 Å². The minimum atomic E-state index is 0.399. The number of aromatic amines is 1. The number of nitrogens with two attached hydrogens (primary N) is 1. The molecule has 1 aromatic heterocycles. The van der Waals surface area contributed by atoms with E-state index >= 15 is 0 Å². The van der Waals surface area contributed by atoms with Crippen LogP contribution in [0.15, 0.2) is 30.5 Å². The van der Waals surface area contributed by atoms with Crippen molar-refractivity contribution in [3.05, 3.63) is 36.0 Å². The van der Waals surface area contributed by atoms with Gasteiger partial charge in [0, 0.05) is 12.2 Å². The van der Waals surface area contributed by atoms with Crippen molar-refractivity contribution in [2.24, 2.45) is 11.7 Å². The summed E-state index contributed by atoms with van der Waals surface area (Å²) in [7, 11) is 0. The molecule has 2 unspecified atom stereocenters. The second-order valence-corrected chi connectivity index (χ2v) is 4.86. The van der Waals surface area contributed by atoms with Crippen molar-refractivity contribution in [1.82, 2.24) is 10.3 Å². The zero-order chi connectivity index (χ0) is 11.7. The van der Waals surface area contributed by atoms with Crippen LogP contribution in [-0.4, -0.2) is 18.1 Å². The average molecular weight is 229 g/mol. The smallest absolute Gasteiger partial charge is 0.0502 e. The fourth-order valence-corrected chi connectivity index (χ4v) is 2.94. The number of H-pyrrole nitrogens is 1. The maximum atomic E-state index is 5.90. The number of nitrogens with one attached hydrogen (secondary N) is 2. The predicted molar refractivity (Wildman–Crippen MR) is 70.8 cm³/mol. The molecule has 90 valence electrons. The lowest BCUT2D eigenvalue weighted by molar-refractivity contribution is 0.292. The molecule has 1 aliphatic rings. The number of rotatable bonds is 2. The lowest BCUT2D eigenvalue weighted by atomic mass is 9.85. The van der Waals surface area contributed by atoms with Crippen LogP contribution in [0.1, 0.15) is 24.4 Å². The summed E-state index contributed by atoms with van der Waals surface area (Å²) in [5.74, 6) is 0.553. The first kappa shape index (κ1) is 10.8. The molecule has 0 amide bonds. The van der Waals surface area contributed by atoms with Crippen LogP contribution in [0.4, 0.5) is 0 Å². The maximum Gasteiger partial charge on any atom is 0.0502 e. The SMILES string of the molecule is NCC1CCCNC1c1cccc2cc[nH]c12. The molecule has 3 nitrogen and oxygen atoms in total. The standard InChI is InChI=1S/C14H19N3/c15-9-11-4-2-7-16-14(11)12-5-1-3-10-6-8-17-13(10)12/h1,3,5-6,8,11,14,16-17H,2,4,7,9,15H2. The van der Waals surface area contributed by atoms with Crippen LogP contribution in [0.3, 0.4) is 0 Å². The average Bonchev–Trinajstić information content (AvgIpc) is 2.86. The third-order valence-electron chi connectivity index (χ3n) is 3.84. The molecular formula is C14H19N3. The Balaban J connectivity index is 2.04. The fraction of sp³-hybridized carbons (Fsp3) is 0.429. The first-order chi connectivity index (χ1) is 8.40. The number of aromatic nitrogens is 1. The maximum absolute atomic E-state index is 5.90. The van der Waals surface area contributed by atoms with Gasteiger partial charge in [0.15, 0.2) is 0 Å². The van der Waals surface area contributed by atoms with Gasteiger partial charge >= 0.3 is 0 Å². The number of fused-ring (bicyclic) bond motifs is 1. The Hall–Kier alpha value is -1.32. The highest BCUT2D eigenvalue weighted by molar-refractivity contribution is 5.83. The second-order valence-electron chi connectivity index (χ2n) is 4.86. The van der Waals surface area contributed by atoms with E-state index in [4.69, 9.17) is 5.73 Å². The first-order valence-electron chi connectivity index (χ1n) is 6.39. The third kappa shape index (κ3) is 1.85. The molecule has 3 heteroatoms. The Kier molecular flexibility index (Phi) is 2.87. The van der Waals surface area contributed by atoms with Crippen LogP contribution in [0.5, 0.6) is 0 Å². The van der Waals surface area contributed by atoms with Gasteiger partial charge in [0.2, 0.25) is 0 Å². The molecule has 1 fully saturated rings. The summed E-state index contributed by atoms with van der Waals surface area (Å²) < 4.78 is 0. The lowest BCUT2D eigenvalue weighted by Gasteiger charge is -2.32. The van der Waals surface area contributed by atoms with Gasteiger partial charge in [-0.2, -0.15) is 0 Å². The van der Waals surface area contributed by atoms with E-state index in [2.05, 4.69) is 34.6 Å². The molecule has 4 N–H and O–H groups in total. The molecule has 0 bridgehead atoms. The van der Waals surface area contributed by atoms with E-state index in [0.717, 1.165) is 13.1 Å². The Bertz CT molecular complexity index is 503. The highest BCUT2D eigenvalue weighted by Gasteiger charge is 2.26. The van der Waals surface area contributed by atoms with Crippen molar-refractivity contribution in [1.29, 1.82) is 0 Å². The lowest BCUT2D eigenvalue weighted by Crippen LogP contribution is -2.37. The van der Waals surface area contributed by atoms with Crippen LogP contribution < -0.4 is 11.1 Å². The summed E-state index contributed by atoms with van der Waals surface area (Å²) in [6.07, 6.45) is 4.47. The van der Waals surface area contributed by atoms with Gasteiger partial charge in [0.05, 0.1) is 5.52 Å². The van der Waals surface area contributed by atoms with Crippen LogP contribution in [-0.2, 0) is 0 Å². The van der Waals surface area contributed by atoms with Crippen LogP contribution in [0.25, 0.3) is 10.9 Å². The summed E-state index contributed by atoms with van der Waals surface area (Å²) in [5, 5.41) is 4.90. The molecule has 1 saturated heterocycles. The van der Waals surface area contributed by atoms with Crippen molar-refractivity contribution in [2.45, 2.75) is 18.9 Å². The van der Waals surface area contributed by atoms with Crippen molar-refractivity contribution < 1.29 is 0 Å². The Morgan fingerprint density at radius 2 is 2.24 bits per heavy atom. The zero-order valence-corrected chi connectivity index (χ0v) is 9.95. The molecule has 0 spiro atoms. The van der Waals surface area contributed by atoms with Crippen molar-refractivity contribution in [2.75, 3.05) is 13.1 Å². The number of benzene rings is 1. The molecule has 0 radical (unpaired) electrons. The molecule has 2 aromatic rings. The van der Waals surface area contributed by atoms with Crippen molar-refractivity contribution in [3.8, 4) is 0 Å². The number of hydrogen-bond donors (Lipinski definition) is 3. The molecule has 0 aliphatic carbocycles. The van der Waals surface area contributed by atoms with Crippen molar-refractivity contribution >= 4 is 10.9 Å². The van der Waals surface area contributed by atoms with Gasteiger partial charge in [-0.25, -0.2) is 0 Å². The van der Waals surface area contributed by atoms with E-state index in [9.17, 15) is 0 Å². The Morgan fingerprint density at radius 1 is 1.29 bits per heavy atom. The third-order valence-corrected chi connectivity index (χ3v) is 3.84.